The second-order valence-corrected chi connectivity index (χ2v) is 4.12. The van der Waals surface area contributed by atoms with Crippen molar-refractivity contribution in [1.82, 2.24) is 0 Å². The molecule has 9 heteroatoms. The molecule has 1 aromatic rings. The van der Waals surface area contributed by atoms with Crippen molar-refractivity contribution < 1.29 is 30.7 Å². The van der Waals surface area contributed by atoms with Gasteiger partial charge in [0.15, 0.2) is 0 Å². The van der Waals surface area contributed by atoms with Crippen LogP contribution in [0.3, 0.4) is 0 Å². The van der Waals surface area contributed by atoms with Crippen molar-refractivity contribution in [2.45, 2.75) is 18.0 Å². The van der Waals surface area contributed by atoms with Crippen LogP contribution in [0.1, 0.15) is 5.56 Å². The molecule has 0 saturated heterocycles. The van der Waals surface area contributed by atoms with Crippen LogP contribution >= 0.6 is 23.2 Å². The number of hydrogen-bond donors (Lipinski definition) is 0. The summed E-state index contributed by atoms with van der Waals surface area (Å²) in [5.74, 6) is 0. The van der Waals surface area contributed by atoms with Crippen LogP contribution in [0.2, 0.25) is 10.0 Å². The summed E-state index contributed by atoms with van der Waals surface area (Å²) < 4.78 is 88.0. The van der Waals surface area contributed by atoms with E-state index in [-0.39, 0.29) is 6.07 Å². The van der Waals surface area contributed by atoms with Gasteiger partial charge in [-0.3, -0.25) is 0 Å². The van der Waals surface area contributed by atoms with Crippen LogP contribution in [0.15, 0.2) is 18.2 Å². The van der Waals surface area contributed by atoms with Gasteiger partial charge in [-0.1, -0.05) is 23.2 Å². The monoisotopic (exact) mass is 314 g/mol. The summed E-state index contributed by atoms with van der Waals surface area (Å²) in [4.78, 5) is 0. The molecule has 0 aliphatic carbocycles. The molecule has 0 aromatic heterocycles. The lowest BCUT2D eigenvalue weighted by atomic mass is 9.94. The van der Waals surface area contributed by atoms with Gasteiger partial charge in [0.05, 0.1) is 0 Å². The standard InChI is InChI=1S/C9H3Cl2F7/c10-4-1-2-6(11)5(3-4)7(12,8(13,14)15)9(16,17)18/h1-3H. The molecule has 0 saturated carbocycles. The van der Waals surface area contributed by atoms with Gasteiger partial charge in [-0.15, -0.1) is 0 Å². The minimum absolute atomic E-state index is 0.199. The van der Waals surface area contributed by atoms with E-state index in [1.807, 2.05) is 0 Å². The molecule has 0 N–H and O–H groups in total. The van der Waals surface area contributed by atoms with E-state index in [4.69, 9.17) is 23.2 Å². The maximum Gasteiger partial charge on any atom is 0.436 e. The Morgan fingerprint density at radius 2 is 1.22 bits per heavy atom. The van der Waals surface area contributed by atoms with E-state index in [1.165, 1.54) is 0 Å². The van der Waals surface area contributed by atoms with Crippen molar-refractivity contribution in [2.75, 3.05) is 0 Å². The lowest BCUT2D eigenvalue weighted by Gasteiger charge is -2.30. The first-order valence-corrected chi connectivity index (χ1v) is 4.94. The third-order valence-corrected chi connectivity index (χ3v) is 2.65. The number of rotatable bonds is 1. The Morgan fingerprint density at radius 3 is 1.61 bits per heavy atom. The van der Waals surface area contributed by atoms with E-state index >= 15 is 0 Å². The average Bonchev–Trinajstić information content (AvgIpc) is 2.17. The first-order valence-electron chi connectivity index (χ1n) is 4.19. The maximum absolute atomic E-state index is 13.6. The zero-order valence-corrected chi connectivity index (χ0v) is 9.65. The van der Waals surface area contributed by atoms with Crippen molar-refractivity contribution in [3.8, 4) is 0 Å². The van der Waals surface area contributed by atoms with Gasteiger partial charge in [-0.25, -0.2) is 4.39 Å². The summed E-state index contributed by atoms with van der Waals surface area (Å²) in [7, 11) is 0. The van der Waals surface area contributed by atoms with Crippen molar-refractivity contribution in [2.24, 2.45) is 0 Å². The molecule has 0 fully saturated rings. The first-order chi connectivity index (χ1) is 7.91. The van der Waals surface area contributed by atoms with Gasteiger partial charge in [0.1, 0.15) is 0 Å². The number of hydrogen-bond acceptors (Lipinski definition) is 0. The van der Waals surface area contributed by atoms with Crippen LogP contribution < -0.4 is 0 Å². The molecule has 0 amide bonds. The van der Waals surface area contributed by atoms with Gasteiger partial charge in [0.2, 0.25) is 0 Å². The highest BCUT2D eigenvalue weighted by atomic mass is 35.5. The van der Waals surface area contributed by atoms with Gasteiger partial charge in [0.25, 0.3) is 0 Å². The number of benzene rings is 1. The zero-order valence-electron chi connectivity index (χ0n) is 8.13. The Balaban J connectivity index is 3.61. The minimum Gasteiger partial charge on any atom is -0.218 e. The molecule has 0 aliphatic heterocycles. The molecule has 0 heterocycles. The molecular weight excluding hydrogens is 312 g/mol. The Hall–Kier alpha value is -0.690. The number of halogens is 9. The lowest BCUT2D eigenvalue weighted by Crippen LogP contribution is -2.50. The number of alkyl halides is 7. The van der Waals surface area contributed by atoms with Crippen molar-refractivity contribution in [3.63, 3.8) is 0 Å². The fourth-order valence-corrected chi connectivity index (χ4v) is 1.65. The first kappa shape index (κ1) is 15.4. The molecule has 0 bridgehead atoms. The lowest BCUT2D eigenvalue weighted by molar-refractivity contribution is -0.348. The minimum atomic E-state index is -6.21. The average molecular weight is 315 g/mol. The Labute approximate surface area is 106 Å². The Bertz CT molecular complexity index is 435. The van der Waals surface area contributed by atoms with E-state index in [9.17, 15) is 30.7 Å². The topological polar surface area (TPSA) is 0 Å². The van der Waals surface area contributed by atoms with Crippen LogP contribution in [0, 0.1) is 0 Å². The molecule has 0 spiro atoms. The van der Waals surface area contributed by atoms with Crippen LogP contribution in [0.25, 0.3) is 0 Å². The van der Waals surface area contributed by atoms with Crippen LogP contribution in [-0.4, -0.2) is 12.4 Å². The Morgan fingerprint density at radius 1 is 0.778 bits per heavy atom. The van der Waals surface area contributed by atoms with Gasteiger partial charge < -0.3 is 0 Å². The van der Waals surface area contributed by atoms with E-state index in [2.05, 4.69) is 0 Å². The molecule has 0 nitrogen and oxygen atoms in total. The maximum atomic E-state index is 13.6. The Kier molecular flexibility index (Phi) is 3.80. The molecule has 1 rings (SSSR count). The SMILES string of the molecule is FC(F)(F)C(F)(c1cc(Cl)ccc1Cl)C(F)(F)F. The van der Waals surface area contributed by atoms with Gasteiger partial charge in [0, 0.05) is 15.6 Å². The van der Waals surface area contributed by atoms with Gasteiger partial charge in [-0.05, 0) is 18.2 Å². The largest absolute Gasteiger partial charge is 0.436 e. The smallest absolute Gasteiger partial charge is 0.218 e. The molecule has 0 aliphatic rings. The molecule has 1 aromatic carbocycles. The molecule has 0 radical (unpaired) electrons. The molecular formula is C9H3Cl2F7. The van der Waals surface area contributed by atoms with Gasteiger partial charge >= 0.3 is 18.0 Å². The highest BCUT2D eigenvalue weighted by molar-refractivity contribution is 6.33. The summed E-state index contributed by atoms with van der Waals surface area (Å²) >= 11 is 10.5. The van der Waals surface area contributed by atoms with E-state index in [0.717, 1.165) is 6.07 Å². The van der Waals surface area contributed by atoms with Gasteiger partial charge in [-0.2, -0.15) is 26.3 Å². The van der Waals surface area contributed by atoms with Crippen molar-refractivity contribution in [3.05, 3.63) is 33.8 Å². The molecule has 0 unspecified atom stereocenters. The fraction of sp³-hybridized carbons (Fsp3) is 0.333. The molecule has 102 valence electrons. The third kappa shape index (κ3) is 2.38. The highest BCUT2D eigenvalue weighted by Crippen LogP contribution is 2.54. The summed E-state index contributed by atoms with van der Waals surface area (Å²) in [5.41, 5.74) is -7.35. The second-order valence-electron chi connectivity index (χ2n) is 3.28. The van der Waals surface area contributed by atoms with Crippen LogP contribution in [0.5, 0.6) is 0 Å². The fourth-order valence-electron chi connectivity index (χ4n) is 1.23. The summed E-state index contributed by atoms with van der Waals surface area (Å²) in [6.45, 7) is 0. The van der Waals surface area contributed by atoms with Crippen LogP contribution in [0.4, 0.5) is 30.7 Å². The van der Waals surface area contributed by atoms with E-state index < -0.39 is 33.6 Å². The van der Waals surface area contributed by atoms with Crippen molar-refractivity contribution >= 4 is 23.2 Å². The van der Waals surface area contributed by atoms with E-state index in [1.54, 1.807) is 0 Å². The molecule has 0 atom stereocenters. The van der Waals surface area contributed by atoms with Crippen LogP contribution in [-0.2, 0) is 5.67 Å². The predicted molar refractivity (Wildman–Crippen MR) is 51.4 cm³/mol. The normalized spacial score (nSPS) is 13.8. The third-order valence-electron chi connectivity index (χ3n) is 2.08. The summed E-state index contributed by atoms with van der Waals surface area (Å²) in [6.07, 6.45) is -12.4. The van der Waals surface area contributed by atoms with Crippen molar-refractivity contribution in [1.29, 1.82) is 0 Å². The summed E-state index contributed by atoms with van der Waals surface area (Å²) in [5, 5.41) is -1.51. The quantitative estimate of drug-likeness (QED) is 0.618. The predicted octanol–water partition coefficient (Wildman–Crippen LogP) is 5.28. The molecule has 18 heavy (non-hydrogen) atoms. The second kappa shape index (κ2) is 4.45. The highest BCUT2D eigenvalue weighted by Gasteiger charge is 2.74. The van der Waals surface area contributed by atoms with E-state index in [0.29, 0.717) is 6.07 Å². The zero-order chi connectivity index (χ0) is 14.4. The summed E-state index contributed by atoms with van der Waals surface area (Å²) in [6, 6.07) is 1.80.